The summed E-state index contributed by atoms with van der Waals surface area (Å²) in [6, 6.07) is 8.71. The number of halogens is 1. The van der Waals surface area contributed by atoms with E-state index in [0.29, 0.717) is 5.57 Å². The second kappa shape index (κ2) is 5.78. The Balaban J connectivity index is 1.93. The number of benzene rings is 1. The first-order chi connectivity index (χ1) is 12.4. The van der Waals surface area contributed by atoms with Gasteiger partial charge in [-0.2, -0.15) is 5.26 Å². The summed E-state index contributed by atoms with van der Waals surface area (Å²) in [6.07, 6.45) is 2.91. The maximum atomic E-state index is 13.8. The Morgan fingerprint density at radius 3 is 2.88 bits per heavy atom. The van der Waals surface area contributed by atoms with Crippen molar-refractivity contribution in [3.05, 3.63) is 58.9 Å². The van der Waals surface area contributed by atoms with Crippen molar-refractivity contribution in [3.63, 3.8) is 0 Å². The smallest absolute Gasteiger partial charge is 0.125 e. The van der Waals surface area contributed by atoms with E-state index in [9.17, 15) is 14.8 Å². The topological polar surface area (TPSA) is 61.8 Å². The fourth-order valence-corrected chi connectivity index (χ4v) is 4.96. The number of imidazole rings is 1. The summed E-state index contributed by atoms with van der Waals surface area (Å²) in [6.45, 7) is 6.05. The SMILES string of the molecule is Cc1nc2c(n1-c1cccc(F)c1)CC[C@@H]1[C@@H](C)C(O)C(C#N)=C[C@@]21C. The van der Waals surface area contributed by atoms with E-state index >= 15 is 0 Å². The molecule has 2 aromatic rings. The number of aliphatic hydroxyl groups excluding tert-OH is 1. The van der Waals surface area contributed by atoms with Crippen molar-refractivity contribution in [2.24, 2.45) is 11.8 Å². The Bertz CT molecular complexity index is 955. The summed E-state index contributed by atoms with van der Waals surface area (Å²) in [5, 5.41) is 19.9. The molecule has 4 atom stereocenters. The number of aromatic nitrogens is 2. The number of fused-ring (bicyclic) bond motifs is 3. The molecule has 0 fully saturated rings. The van der Waals surface area contributed by atoms with Crippen LogP contribution in [0.2, 0.25) is 0 Å². The summed E-state index contributed by atoms with van der Waals surface area (Å²) in [4.78, 5) is 4.85. The number of hydrogen-bond acceptors (Lipinski definition) is 3. The molecule has 0 bridgehead atoms. The predicted molar refractivity (Wildman–Crippen MR) is 96.3 cm³/mol. The normalized spacial score (nSPS) is 30.2. The minimum absolute atomic E-state index is 0.00701. The van der Waals surface area contributed by atoms with Gasteiger partial charge in [0, 0.05) is 16.8 Å². The van der Waals surface area contributed by atoms with Crippen molar-refractivity contribution in [2.45, 2.75) is 45.1 Å². The zero-order valence-corrected chi connectivity index (χ0v) is 15.2. The van der Waals surface area contributed by atoms with Gasteiger partial charge in [0.05, 0.1) is 23.4 Å². The Hall–Kier alpha value is -2.45. The third kappa shape index (κ3) is 2.25. The van der Waals surface area contributed by atoms with E-state index in [4.69, 9.17) is 4.98 Å². The average Bonchev–Trinajstić information content (AvgIpc) is 2.95. The van der Waals surface area contributed by atoms with Gasteiger partial charge in [0.15, 0.2) is 0 Å². The van der Waals surface area contributed by atoms with Crippen LogP contribution < -0.4 is 0 Å². The zero-order chi connectivity index (χ0) is 18.6. The van der Waals surface area contributed by atoms with Crippen LogP contribution in [0.1, 0.15) is 37.5 Å². The predicted octanol–water partition coefficient (Wildman–Crippen LogP) is 3.60. The molecule has 0 spiro atoms. The fourth-order valence-electron chi connectivity index (χ4n) is 4.96. The van der Waals surface area contributed by atoms with Gasteiger partial charge in [-0.25, -0.2) is 9.37 Å². The van der Waals surface area contributed by atoms with Gasteiger partial charge in [0.1, 0.15) is 11.6 Å². The summed E-state index contributed by atoms with van der Waals surface area (Å²) in [5.41, 5.74) is 2.81. The average molecular weight is 351 g/mol. The van der Waals surface area contributed by atoms with Crippen LogP contribution in [0, 0.1) is 35.9 Å². The van der Waals surface area contributed by atoms with Gasteiger partial charge in [0.2, 0.25) is 0 Å². The molecule has 4 rings (SSSR count). The molecule has 0 radical (unpaired) electrons. The summed E-state index contributed by atoms with van der Waals surface area (Å²) >= 11 is 0. The first-order valence-electron chi connectivity index (χ1n) is 9.02. The molecule has 1 heterocycles. The van der Waals surface area contributed by atoms with Crippen molar-refractivity contribution in [1.82, 2.24) is 9.55 Å². The second-order valence-corrected chi connectivity index (χ2v) is 7.71. The molecule has 0 saturated heterocycles. The van der Waals surface area contributed by atoms with Crippen LogP contribution in [0.3, 0.4) is 0 Å². The molecule has 1 unspecified atom stereocenters. The molecule has 1 aromatic heterocycles. The number of nitrogens with zero attached hydrogens (tertiary/aromatic N) is 3. The van der Waals surface area contributed by atoms with Crippen LogP contribution in [0.4, 0.5) is 4.39 Å². The molecule has 0 saturated carbocycles. The lowest BCUT2D eigenvalue weighted by Crippen LogP contribution is -2.47. The Labute approximate surface area is 152 Å². The zero-order valence-electron chi connectivity index (χ0n) is 15.2. The van der Waals surface area contributed by atoms with E-state index in [1.54, 1.807) is 6.07 Å². The fraction of sp³-hybridized carbons (Fsp3) is 0.429. The van der Waals surface area contributed by atoms with E-state index < -0.39 is 11.5 Å². The maximum absolute atomic E-state index is 13.8. The number of allylic oxidation sites excluding steroid dienone is 1. The third-order valence-corrected chi connectivity index (χ3v) is 6.22. The number of aryl methyl sites for hydroxylation is 1. The van der Waals surface area contributed by atoms with Gasteiger partial charge >= 0.3 is 0 Å². The number of rotatable bonds is 1. The van der Waals surface area contributed by atoms with Crippen molar-refractivity contribution in [3.8, 4) is 11.8 Å². The highest BCUT2D eigenvalue weighted by Gasteiger charge is 2.50. The van der Waals surface area contributed by atoms with E-state index in [1.807, 2.05) is 30.6 Å². The van der Waals surface area contributed by atoms with Gasteiger partial charge < -0.3 is 9.67 Å². The largest absolute Gasteiger partial charge is 0.387 e. The molecule has 5 heteroatoms. The molecular weight excluding hydrogens is 329 g/mol. The quantitative estimate of drug-likeness (QED) is 0.854. The molecular formula is C21H22FN3O. The molecule has 0 amide bonds. The van der Waals surface area contributed by atoms with Crippen LogP contribution in [-0.2, 0) is 11.8 Å². The Morgan fingerprint density at radius 2 is 2.19 bits per heavy atom. The number of hydrogen-bond donors (Lipinski definition) is 1. The van der Waals surface area contributed by atoms with Gasteiger partial charge in [-0.1, -0.05) is 26.0 Å². The van der Waals surface area contributed by atoms with E-state index in [0.717, 1.165) is 35.7 Å². The molecule has 0 aliphatic heterocycles. The van der Waals surface area contributed by atoms with Crippen LogP contribution >= 0.6 is 0 Å². The minimum Gasteiger partial charge on any atom is -0.387 e. The lowest BCUT2D eigenvalue weighted by atomic mass is 9.58. The highest BCUT2D eigenvalue weighted by Crippen LogP contribution is 2.50. The summed E-state index contributed by atoms with van der Waals surface area (Å²) < 4.78 is 15.8. The lowest BCUT2D eigenvalue weighted by molar-refractivity contribution is 0.0668. The summed E-state index contributed by atoms with van der Waals surface area (Å²) in [7, 11) is 0. The third-order valence-electron chi connectivity index (χ3n) is 6.22. The van der Waals surface area contributed by atoms with Crippen molar-refractivity contribution in [1.29, 1.82) is 5.26 Å². The number of aliphatic hydroxyl groups is 1. The van der Waals surface area contributed by atoms with Crippen LogP contribution in [0.25, 0.3) is 5.69 Å². The van der Waals surface area contributed by atoms with Crippen molar-refractivity contribution < 1.29 is 9.50 Å². The highest BCUT2D eigenvalue weighted by atomic mass is 19.1. The first kappa shape index (κ1) is 17.0. The molecule has 1 aromatic carbocycles. The van der Waals surface area contributed by atoms with Crippen molar-refractivity contribution >= 4 is 0 Å². The Morgan fingerprint density at radius 1 is 1.42 bits per heavy atom. The minimum atomic E-state index is -0.717. The van der Waals surface area contributed by atoms with Gasteiger partial charge in [-0.05, 0) is 49.8 Å². The second-order valence-electron chi connectivity index (χ2n) is 7.71. The van der Waals surface area contributed by atoms with E-state index in [1.165, 1.54) is 12.1 Å². The van der Waals surface area contributed by atoms with Crippen LogP contribution in [0.5, 0.6) is 0 Å². The van der Waals surface area contributed by atoms with Gasteiger partial charge in [0.25, 0.3) is 0 Å². The maximum Gasteiger partial charge on any atom is 0.125 e. The standard InChI is InChI=1S/C21H22FN3O/c1-12-17-7-8-18-20(21(17,3)10-14(11-23)19(12)26)24-13(2)25(18)16-6-4-5-15(22)9-16/h4-6,9-10,12,17,19,26H,7-8H2,1-3H3/t12-,17-,19?,21-/m1/s1. The molecule has 1 N–H and O–H groups in total. The Kier molecular flexibility index (Phi) is 3.78. The lowest BCUT2D eigenvalue weighted by Gasteiger charge is -2.46. The molecule has 4 nitrogen and oxygen atoms in total. The van der Waals surface area contributed by atoms with Gasteiger partial charge in [-0.3, -0.25) is 0 Å². The van der Waals surface area contributed by atoms with E-state index in [-0.39, 0.29) is 17.7 Å². The van der Waals surface area contributed by atoms with Crippen LogP contribution in [0.15, 0.2) is 35.9 Å². The highest BCUT2D eigenvalue weighted by molar-refractivity contribution is 5.46. The first-order valence-corrected chi connectivity index (χ1v) is 9.02. The molecule has 2 aliphatic rings. The van der Waals surface area contributed by atoms with Crippen molar-refractivity contribution in [2.75, 3.05) is 0 Å². The number of nitriles is 1. The molecule has 26 heavy (non-hydrogen) atoms. The van der Waals surface area contributed by atoms with Gasteiger partial charge in [-0.15, -0.1) is 0 Å². The summed E-state index contributed by atoms with van der Waals surface area (Å²) in [5.74, 6) is 0.753. The van der Waals surface area contributed by atoms with Crippen LogP contribution in [-0.4, -0.2) is 20.8 Å². The van der Waals surface area contributed by atoms with E-state index in [2.05, 4.69) is 13.0 Å². The monoisotopic (exact) mass is 351 g/mol. The molecule has 2 aliphatic carbocycles. The molecule has 134 valence electrons.